The monoisotopic (exact) mass is 416 g/mol. The molecule has 7 heteroatoms. The van der Waals surface area contributed by atoms with E-state index in [4.69, 9.17) is 9.94 Å². The minimum atomic E-state index is 0.600. The molecule has 4 rings (SSSR count). The van der Waals surface area contributed by atoms with E-state index in [9.17, 15) is 5.21 Å². The van der Waals surface area contributed by atoms with E-state index in [0.29, 0.717) is 22.9 Å². The highest BCUT2D eigenvalue weighted by atomic mass is 16.5. The van der Waals surface area contributed by atoms with Crippen LogP contribution in [-0.4, -0.2) is 33.2 Å². The number of ether oxygens (including phenoxy) is 1. The van der Waals surface area contributed by atoms with Gasteiger partial charge in [-0.3, -0.25) is 15.7 Å². The molecule has 158 valence electrons. The first-order valence-corrected chi connectivity index (χ1v) is 9.40. The summed E-state index contributed by atoms with van der Waals surface area (Å²) in [4.78, 5) is 7.92. The summed E-state index contributed by atoms with van der Waals surface area (Å²) in [5.41, 5.74) is 3.99. The lowest BCUT2D eigenvalue weighted by molar-refractivity contribution is -0.354. The van der Waals surface area contributed by atoms with Gasteiger partial charge in [-0.1, -0.05) is 48.5 Å². The first kappa shape index (κ1) is 23.1. The SMILES string of the molecule is COc1ccccn1.ONc1ccccc1.[O-]/[N+](=C\c1ccccn1)c1ccccc1. The lowest BCUT2D eigenvalue weighted by Gasteiger charge is -2.01. The van der Waals surface area contributed by atoms with Crippen molar-refractivity contribution in [3.8, 4) is 5.88 Å². The Morgan fingerprint density at radius 2 is 1.39 bits per heavy atom. The average Bonchev–Trinajstić information content (AvgIpc) is 2.87. The van der Waals surface area contributed by atoms with Gasteiger partial charge in [0.1, 0.15) is 5.69 Å². The first-order valence-electron chi connectivity index (χ1n) is 9.40. The number of anilines is 1. The van der Waals surface area contributed by atoms with Gasteiger partial charge in [0.2, 0.25) is 17.8 Å². The third kappa shape index (κ3) is 9.21. The maximum atomic E-state index is 11.6. The summed E-state index contributed by atoms with van der Waals surface area (Å²) >= 11 is 0. The fourth-order valence-corrected chi connectivity index (χ4v) is 2.20. The van der Waals surface area contributed by atoms with E-state index in [2.05, 4.69) is 9.97 Å². The van der Waals surface area contributed by atoms with Gasteiger partial charge in [0.25, 0.3) is 0 Å². The lowest BCUT2D eigenvalue weighted by atomic mass is 10.3. The van der Waals surface area contributed by atoms with Gasteiger partial charge in [-0.25, -0.2) is 4.98 Å². The van der Waals surface area contributed by atoms with Crippen LogP contribution in [-0.2, 0) is 0 Å². The Morgan fingerprint density at radius 3 is 1.84 bits per heavy atom. The van der Waals surface area contributed by atoms with E-state index >= 15 is 0 Å². The topological polar surface area (TPSA) is 93.3 Å². The van der Waals surface area contributed by atoms with E-state index in [1.165, 1.54) is 6.21 Å². The molecule has 0 unspecified atom stereocenters. The highest BCUT2D eigenvalue weighted by Crippen LogP contribution is 2.08. The Kier molecular flexibility index (Phi) is 10.3. The molecule has 0 spiro atoms. The Balaban J connectivity index is 0.000000181. The zero-order valence-electron chi connectivity index (χ0n) is 17.1. The number of rotatable bonds is 4. The van der Waals surface area contributed by atoms with Crippen molar-refractivity contribution in [2.24, 2.45) is 0 Å². The van der Waals surface area contributed by atoms with Crippen molar-refractivity contribution in [2.75, 3.05) is 12.6 Å². The molecule has 2 N–H and O–H groups in total. The molecule has 0 amide bonds. The van der Waals surface area contributed by atoms with Gasteiger partial charge >= 0.3 is 0 Å². The van der Waals surface area contributed by atoms with E-state index in [0.717, 1.165) is 4.74 Å². The number of hydrogen-bond acceptors (Lipinski definition) is 6. The fraction of sp³-hybridized carbons (Fsp3) is 0.0417. The standard InChI is InChI=1S/C12H10N2O.2C6H7NO/c15-14(12-7-2-1-3-8-12)10-11-6-4-5-9-13-11;1-8-6-4-2-3-5-7-6;8-7-6-4-2-1-3-5-6/h1-10H;2-5H,1H3;1-5,7-8H/b14-10-;;. The zero-order chi connectivity index (χ0) is 22.2. The number of nitrogens with one attached hydrogen (secondary N) is 1. The van der Waals surface area contributed by atoms with Crippen LogP contribution < -0.4 is 10.2 Å². The minimum Gasteiger partial charge on any atom is -0.618 e. The van der Waals surface area contributed by atoms with E-state index in [1.54, 1.807) is 55.9 Å². The number of nitrogens with zero attached hydrogens (tertiary/aromatic N) is 3. The van der Waals surface area contributed by atoms with Crippen LogP contribution in [0, 0.1) is 5.21 Å². The Labute approximate surface area is 181 Å². The second kappa shape index (κ2) is 13.9. The zero-order valence-corrected chi connectivity index (χ0v) is 17.1. The van der Waals surface area contributed by atoms with Gasteiger partial charge in [0.05, 0.1) is 12.8 Å². The molecule has 0 radical (unpaired) electrons. The molecule has 0 bridgehead atoms. The highest BCUT2D eigenvalue weighted by molar-refractivity contribution is 5.73. The van der Waals surface area contributed by atoms with Gasteiger partial charge in [-0.2, -0.15) is 4.74 Å². The maximum absolute atomic E-state index is 11.6. The van der Waals surface area contributed by atoms with Gasteiger partial charge in [-0.15, -0.1) is 0 Å². The summed E-state index contributed by atoms with van der Waals surface area (Å²) in [5.74, 6) is 0.660. The minimum absolute atomic E-state index is 0.600. The molecule has 0 aliphatic heterocycles. The molecular weight excluding hydrogens is 392 g/mol. The molecule has 2 aromatic heterocycles. The van der Waals surface area contributed by atoms with E-state index < -0.39 is 0 Å². The van der Waals surface area contributed by atoms with Gasteiger partial charge in [0, 0.05) is 30.6 Å². The molecule has 0 saturated carbocycles. The van der Waals surface area contributed by atoms with Crippen molar-refractivity contribution in [3.05, 3.63) is 120 Å². The molecule has 2 aromatic carbocycles. The number of aromatic nitrogens is 2. The molecule has 2 heterocycles. The first-order chi connectivity index (χ1) is 15.2. The molecule has 0 aliphatic carbocycles. The van der Waals surface area contributed by atoms with Crippen LogP contribution in [0.3, 0.4) is 0 Å². The summed E-state index contributed by atoms with van der Waals surface area (Å²) in [7, 11) is 1.60. The molecular formula is C24H24N4O3. The second-order valence-electron chi connectivity index (χ2n) is 5.89. The number of pyridine rings is 2. The van der Waals surface area contributed by atoms with Crippen LogP contribution in [0.1, 0.15) is 5.69 Å². The third-order valence-electron chi connectivity index (χ3n) is 3.70. The van der Waals surface area contributed by atoms with Gasteiger partial charge < -0.3 is 9.94 Å². The summed E-state index contributed by atoms with van der Waals surface area (Å²) < 4.78 is 5.61. The number of benzene rings is 2. The average molecular weight is 416 g/mol. The summed E-state index contributed by atoms with van der Waals surface area (Å²) in [6.45, 7) is 0. The van der Waals surface area contributed by atoms with Crippen LogP contribution in [0.25, 0.3) is 0 Å². The predicted octanol–water partition coefficient (Wildman–Crippen LogP) is 4.92. The molecule has 0 aliphatic rings. The lowest BCUT2D eigenvalue weighted by Crippen LogP contribution is -1.99. The largest absolute Gasteiger partial charge is 0.618 e. The molecule has 0 saturated heterocycles. The van der Waals surface area contributed by atoms with Crippen LogP contribution in [0.2, 0.25) is 0 Å². The normalized spacial score (nSPS) is 9.94. The number of hydrogen-bond donors (Lipinski definition) is 2. The van der Waals surface area contributed by atoms with Crippen molar-refractivity contribution >= 4 is 17.6 Å². The quantitative estimate of drug-likeness (QED) is 0.212. The van der Waals surface area contributed by atoms with Gasteiger partial charge in [-0.05, 0) is 30.3 Å². The van der Waals surface area contributed by atoms with Gasteiger partial charge in [0.15, 0.2) is 0 Å². The van der Waals surface area contributed by atoms with Crippen molar-refractivity contribution in [1.82, 2.24) is 9.97 Å². The van der Waals surface area contributed by atoms with Crippen molar-refractivity contribution < 1.29 is 14.7 Å². The predicted molar refractivity (Wildman–Crippen MR) is 122 cm³/mol. The van der Waals surface area contributed by atoms with Crippen molar-refractivity contribution in [1.29, 1.82) is 0 Å². The smallest absolute Gasteiger partial charge is 0.216 e. The summed E-state index contributed by atoms with van der Waals surface area (Å²) in [6, 6.07) is 29.2. The second-order valence-corrected chi connectivity index (χ2v) is 5.89. The third-order valence-corrected chi connectivity index (χ3v) is 3.70. The Morgan fingerprint density at radius 1 is 0.806 bits per heavy atom. The molecule has 0 atom stereocenters. The number of methoxy groups -OCH3 is 1. The van der Waals surface area contributed by atoms with E-state index in [1.807, 2.05) is 66.1 Å². The van der Waals surface area contributed by atoms with E-state index in [-0.39, 0.29) is 0 Å². The highest BCUT2D eigenvalue weighted by Gasteiger charge is 1.99. The Hall–Kier alpha value is -4.23. The molecule has 4 aromatic rings. The van der Waals surface area contributed by atoms with Crippen LogP contribution in [0.4, 0.5) is 11.4 Å². The number of para-hydroxylation sites is 2. The molecule has 7 nitrogen and oxygen atoms in total. The molecule has 0 fully saturated rings. The fourth-order valence-electron chi connectivity index (χ4n) is 2.20. The van der Waals surface area contributed by atoms with Crippen LogP contribution in [0.15, 0.2) is 109 Å². The van der Waals surface area contributed by atoms with Crippen LogP contribution >= 0.6 is 0 Å². The summed E-state index contributed by atoms with van der Waals surface area (Å²) in [5, 5.41) is 19.9. The maximum Gasteiger partial charge on any atom is 0.216 e. The summed E-state index contributed by atoms with van der Waals surface area (Å²) in [6.07, 6.45) is 4.80. The van der Waals surface area contributed by atoms with Crippen molar-refractivity contribution in [3.63, 3.8) is 0 Å². The van der Waals surface area contributed by atoms with Crippen LogP contribution in [0.5, 0.6) is 5.88 Å². The molecule has 31 heavy (non-hydrogen) atoms. The van der Waals surface area contributed by atoms with Crippen molar-refractivity contribution in [2.45, 2.75) is 0 Å². The Bertz CT molecular complexity index is 960.